The lowest BCUT2D eigenvalue weighted by molar-refractivity contribution is -0.929. The summed E-state index contributed by atoms with van der Waals surface area (Å²) in [6.45, 7) is 50.5. The van der Waals surface area contributed by atoms with E-state index >= 15 is 0 Å². The third-order valence-corrected chi connectivity index (χ3v) is 17.1. The van der Waals surface area contributed by atoms with Crippen molar-refractivity contribution in [3.63, 3.8) is 0 Å². The number of nitrogens with zero attached hydrogens (tertiary/aromatic N) is 6. The lowest BCUT2D eigenvalue weighted by Crippen LogP contribution is -2.50. The van der Waals surface area contributed by atoms with E-state index in [1.807, 2.05) is 14.7 Å². The Morgan fingerprint density at radius 2 is 0.600 bits per heavy atom. The highest BCUT2D eigenvalue weighted by Gasteiger charge is 2.43. The van der Waals surface area contributed by atoms with Crippen molar-refractivity contribution in [1.82, 2.24) is 14.7 Å². The lowest BCUT2D eigenvalue weighted by atomic mass is 10.0. The van der Waals surface area contributed by atoms with Crippen LogP contribution in [0.3, 0.4) is 0 Å². The summed E-state index contributed by atoms with van der Waals surface area (Å²) >= 11 is 0. The van der Waals surface area contributed by atoms with E-state index in [1.54, 1.807) is 0 Å². The smallest absolute Gasteiger partial charge is 0.269 e. The van der Waals surface area contributed by atoms with Gasteiger partial charge in [-0.2, -0.15) is 0 Å². The number of allylic oxidation sites excluding steroid dienone is 1. The summed E-state index contributed by atoms with van der Waals surface area (Å²) in [5.74, 6) is 0.0485. The monoisotopic (exact) mass is 1190 g/mol. The third-order valence-electron chi connectivity index (χ3n) is 15.5. The normalized spacial score (nSPS) is 15.4. The van der Waals surface area contributed by atoms with Gasteiger partial charge in [-0.1, -0.05) is 160 Å². The van der Waals surface area contributed by atoms with Gasteiger partial charge in [0, 0.05) is 45.3 Å². The van der Waals surface area contributed by atoms with Gasteiger partial charge >= 0.3 is 0 Å². The molecule has 0 amide bonds. The summed E-state index contributed by atoms with van der Waals surface area (Å²) < 4.78 is 25.7. The summed E-state index contributed by atoms with van der Waals surface area (Å²) in [5.41, 5.74) is 1.89. The number of phosphoric acid groups is 2. The van der Waals surface area contributed by atoms with E-state index < -0.39 is 15.6 Å². The van der Waals surface area contributed by atoms with Crippen LogP contribution in [0.15, 0.2) is 23.2 Å². The van der Waals surface area contributed by atoms with E-state index in [-0.39, 0.29) is 28.0 Å². The first-order chi connectivity index (χ1) is 36.7. The maximum atomic E-state index is 12.4. The summed E-state index contributed by atoms with van der Waals surface area (Å²) in [4.78, 5) is 66.2. The number of carbonyl (C=O) groups is 2. The predicted molar refractivity (Wildman–Crippen MR) is 327 cm³/mol. The van der Waals surface area contributed by atoms with Crippen molar-refractivity contribution in [2.45, 2.75) is 237 Å². The van der Waals surface area contributed by atoms with E-state index in [2.05, 4.69) is 87.4 Å². The Labute approximate surface area is 490 Å². The number of hydrogen-bond acceptors (Lipinski definition) is 11. The molecule has 0 aromatic rings. The Kier molecular flexibility index (Phi) is 51.3. The molecule has 80 heavy (non-hydrogen) atoms. The van der Waals surface area contributed by atoms with Crippen molar-refractivity contribution in [3.05, 3.63) is 23.2 Å². The summed E-state index contributed by atoms with van der Waals surface area (Å²) in [5, 5.41) is 0. The minimum atomic E-state index is -5.61. The molecule has 0 bridgehead atoms. The van der Waals surface area contributed by atoms with Gasteiger partial charge in [0.2, 0.25) is 11.6 Å². The number of quaternary nitrogens is 3. The highest BCUT2D eigenvalue weighted by Crippen LogP contribution is 2.45. The molecule has 0 aromatic heterocycles. The zero-order valence-corrected chi connectivity index (χ0v) is 55.4. The standard InChI is InChI=1S/3C16H36N.C12H13N3O2.H4O7P2.3H2O/c3*1-5-9-13-17(14-10-6-2,15-11-7-3)16-12-8-4;16-9-7-8(13-1-2-13)12(17)11(15-5-6-15)10(9)14-3-4-14;1-8(2,3)7-9(4,5)6;;;/h3*5-16H2,1-4H3;7H,1-6H2;(H2,1,2,3)(H2,4,5,6);3*1H2/q3*+1;;;;;/p-3. The van der Waals surface area contributed by atoms with Crippen molar-refractivity contribution in [3.8, 4) is 0 Å². The summed E-state index contributed by atoms with van der Waals surface area (Å²) in [6, 6.07) is 0. The van der Waals surface area contributed by atoms with E-state index in [1.165, 1.54) is 252 Å². The minimum Gasteiger partial charge on any atom is -0.790 e. The van der Waals surface area contributed by atoms with Crippen LogP contribution < -0.4 is 14.7 Å². The van der Waals surface area contributed by atoms with Gasteiger partial charge in [-0.3, -0.25) is 18.5 Å². The average molecular weight is 1190 g/mol. The molecule has 0 saturated carbocycles. The zero-order chi connectivity index (χ0) is 58.2. The molecule has 3 saturated heterocycles. The number of rotatable bonds is 41. The van der Waals surface area contributed by atoms with E-state index in [4.69, 9.17) is 4.89 Å². The molecule has 1 aliphatic carbocycles. The molecule has 3 aliphatic heterocycles. The first-order valence-electron chi connectivity index (χ1n) is 31.8. The zero-order valence-electron chi connectivity index (χ0n) is 53.6. The van der Waals surface area contributed by atoms with Crippen molar-refractivity contribution in [2.24, 2.45) is 0 Å². The first kappa shape index (κ1) is 84.7. The fourth-order valence-corrected chi connectivity index (χ4v) is 11.3. The molecule has 7 N–H and O–H groups in total. The molecule has 3 heterocycles. The van der Waals surface area contributed by atoms with E-state index in [0.717, 1.165) is 39.3 Å². The molecule has 0 radical (unpaired) electrons. The number of ketones is 2. The second-order valence-electron chi connectivity index (χ2n) is 22.8. The number of Topliss-reactive ketones (excluding diaryl/α,β-unsaturated/α-hetero) is 1. The Morgan fingerprint density at radius 3 is 0.750 bits per heavy atom. The van der Waals surface area contributed by atoms with Crippen LogP contribution in [-0.4, -0.2) is 179 Å². The van der Waals surface area contributed by atoms with E-state index in [9.17, 15) is 33.4 Å². The SMILES string of the molecule is CCCC[N+](CCCC)(CCCC)CCCC.CCCC[N+](CCCC)(CCCC)CCCC.CCCC[N+](CCCC)(CCCC)CCCC.O.O.O.O=C1C=C(N2CC2)C(=O)C(N2CC2)=C1N1CC1.O=P([O-])([O-])OP(=O)([O-])O. The molecule has 480 valence electrons. The Bertz CT molecular complexity index is 1480. The second-order valence-corrected chi connectivity index (χ2v) is 25.3. The van der Waals surface area contributed by atoms with Gasteiger partial charge < -0.3 is 68.7 Å². The van der Waals surface area contributed by atoms with Crippen LogP contribution in [0.1, 0.15) is 237 Å². The van der Waals surface area contributed by atoms with Crippen molar-refractivity contribution in [2.75, 3.05) is 118 Å². The predicted octanol–water partition coefficient (Wildman–Crippen LogP) is 9.01. The summed E-state index contributed by atoms with van der Waals surface area (Å²) in [7, 11) is -11.0. The fourth-order valence-electron chi connectivity index (χ4n) is 10.3. The maximum Gasteiger partial charge on any atom is 0.269 e. The molecule has 4 aliphatic rings. The van der Waals surface area contributed by atoms with Gasteiger partial charge in [-0.05, 0) is 77.0 Å². The molecule has 1 atom stereocenters. The van der Waals surface area contributed by atoms with Gasteiger partial charge in [0.1, 0.15) is 11.4 Å². The molecule has 20 heteroatoms. The molecular formula is C60H128N6O12P2. The highest BCUT2D eigenvalue weighted by molar-refractivity contribution is 7.58. The molecule has 0 aromatic carbocycles. The van der Waals surface area contributed by atoms with Crippen molar-refractivity contribution < 1.29 is 72.5 Å². The second kappa shape index (κ2) is 48.5. The van der Waals surface area contributed by atoms with Crippen molar-refractivity contribution in [1.29, 1.82) is 0 Å². The number of hydrogen-bond donors (Lipinski definition) is 1. The third kappa shape index (κ3) is 39.0. The molecule has 1 unspecified atom stereocenters. The van der Waals surface area contributed by atoms with Gasteiger partial charge in [-0.25, -0.2) is 0 Å². The average Bonchev–Trinajstić information content (AvgIpc) is 4.22. The largest absolute Gasteiger partial charge is 0.790 e. The Hall–Kier alpha value is -1.76. The van der Waals surface area contributed by atoms with E-state index in [0.29, 0.717) is 17.1 Å². The van der Waals surface area contributed by atoms with Crippen LogP contribution >= 0.6 is 15.6 Å². The van der Waals surface area contributed by atoms with Crippen LogP contribution in [0.2, 0.25) is 0 Å². The molecule has 4 rings (SSSR count). The lowest BCUT2D eigenvalue weighted by Gasteiger charge is -2.39. The Morgan fingerprint density at radius 1 is 0.400 bits per heavy atom. The Balaban J connectivity index is -0.000000453. The maximum absolute atomic E-state index is 12.4. The molecular weight excluding hydrogens is 1060 g/mol. The van der Waals surface area contributed by atoms with Crippen LogP contribution in [0.5, 0.6) is 0 Å². The van der Waals surface area contributed by atoms with Crippen LogP contribution in [0.25, 0.3) is 0 Å². The molecule has 18 nitrogen and oxygen atoms in total. The van der Waals surface area contributed by atoms with Gasteiger partial charge in [-0.15, -0.1) is 0 Å². The van der Waals surface area contributed by atoms with Gasteiger partial charge in [0.25, 0.3) is 7.82 Å². The topological polar surface area (TPSA) is 270 Å². The van der Waals surface area contributed by atoms with Crippen LogP contribution in [-0.2, 0) is 23.0 Å². The number of unbranched alkanes of at least 4 members (excludes halogenated alkanes) is 12. The van der Waals surface area contributed by atoms with Crippen molar-refractivity contribution >= 4 is 27.2 Å². The minimum absolute atomic E-state index is 0. The highest BCUT2D eigenvalue weighted by atomic mass is 31.3. The quantitative estimate of drug-likeness (QED) is 0.0260. The van der Waals surface area contributed by atoms with Gasteiger partial charge in [0.05, 0.1) is 92.1 Å². The number of carbonyl (C=O) groups excluding carboxylic acids is 2. The fraction of sp³-hybridized carbons (Fsp3) is 0.900. The van der Waals surface area contributed by atoms with Gasteiger partial charge in [0.15, 0.2) is 0 Å². The first-order valence-corrected chi connectivity index (χ1v) is 34.8. The molecule has 0 spiro atoms. The molecule has 3 fully saturated rings. The van der Waals surface area contributed by atoms with Crippen LogP contribution in [0, 0.1) is 0 Å². The van der Waals surface area contributed by atoms with Crippen LogP contribution in [0.4, 0.5) is 0 Å². The summed E-state index contributed by atoms with van der Waals surface area (Å²) in [6.07, 6.45) is 34.7.